The minimum Gasteiger partial charge on any atom is -0.598 e. The van der Waals surface area contributed by atoms with Gasteiger partial charge in [-0.25, -0.2) is 4.98 Å². The summed E-state index contributed by atoms with van der Waals surface area (Å²) in [6.45, 7) is 14.1. The zero-order valence-corrected chi connectivity index (χ0v) is 18.6. The first-order chi connectivity index (χ1) is 12.4. The Bertz CT molecular complexity index is 769. The highest BCUT2D eigenvalue weighted by atomic mass is 35.5. The van der Waals surface area contributed by atoms with Crippen molar-refractivity contribution in [3.63, 3.8) is 0 Å². The van der Waals surface area contributed by atoms with Crippen molar-refractivity contribution in [2.24, 2.45) is 5.41 Å². The Hall–Kier alpha value is -1.34. The molecule has 5 nitrogen and oxygen atoms in total. The van der Waals surface area contributed by atoms with Crippen molar-refractivity contribution in [2.45, 2.75) is 59.3 Å². The standard InChI is InChI=1S/C20H29ClN4OS/c1-13-8-9-15(12-22-13)24-18-16(21)10-14(11-23-18)17(19(2,3)4)25-27(26)20(5,6)7/h8-12,17,25H,1-7H3,(H,23,24)/t17-,27?/m0/s1. The van der Waals surface area contributed by atoms with Crippen LogP contribution in [0.4, 0.5) is 11.5 Å². The zero-order valence-electron chi connectivity index (χ0n) is 17.1. The fourth-order valence-electron chi connectivity index (χ4n) is 2.41. The van der Waals surface area contributed by atoms with Gasteiger partial charge in [-0.15, -0.1) is 4.72 Å². The number of nitrogens with zero attached hydrogens (tertiary/aromatic N) is 2. The van der Waals surface area contributed by atoms with E-state index < -0.39 is 11.4 Å². The first-order valence-corrected chi connectivity index (χ1v) is 10.4. The Morgan fingerprint density at radius 2 is 1.74 bits per heavy atom. The van der Waals surface area contributed by atoms with E-state index in [1.807, 2.05) is 45.9 Å². The molecule has 0 saturated carbocycles. The van der Waals surface area contributed by atoms with E-state index in [1.54, 1.807) is 12.4 Å². The van der Waals surface area contributed by atoms with E-state index in [0.29, 0.717) is 10.8 Å². The maximum absolute atomic E-state index is 12.6. The predicted molar refractivity (Wildman–Crippen MR) is 115 cm³/mol. The minimum absolute atomic E-state index is 0.155. The molecule has 7 heteroatoms. The summed E-state index contributed by atoms with van der Waals surface area (Å²) in [5.41, 5.74) is 2.50. The number of aromatic nitrogens is 2. The van der Waals surface area contributed by atoms with E-state index in [-0.39, 0.29) is 16.2 Å². The van der Waals surface area contributed by atoms with Crippen LogP contribution in [-0.4, -0.2) is 19.3 Å². The summed E-state index contributed by atoms with van der Waals surface area (Å²) in [5, 5.41) is 3.69. The van der Waals surface area contributed by atoms with Gasteiger partial charge in [0.25, 0.3) is 0 Å². The number of halogens is 1. The molecule has 0 aliphatic heterocycles. The van der Waals surface area contributed by atoms with Gasteiger partial charge in [-0.05, 0) is 56.9 Å². The van der Waals surface area contributed by atoms with Gasteiger partial charge in [0.2, 0.25) is 0 Å². The third-order valence-electron chi connectivity index (χ3n) is 4.02. The van der Waals surface area contributed by atoms with Crippen LogP contribution >= 0.6 is 11.6 Å². The van der Waals surface area contributed by atoms with Crippen LogP contribution in [0.1, 0.15) is 58.8 Å². The van der Waals surface area contributed by atoms with Gasteiger partial charge in [0.1, 0.15) is 10.6 Å². The number of anilines is 2. The Morgan fingerprint density at radius 1 is 1.07 bits per heavy atom. The number of nitrogens with one attached hydrogen (secondary N) is 2. The fourth-order valence-corrected chi connectivity index (χ4v) is 3.69. The molecule has 1 unspecified atom stereocenters. The highest BCUT2D eigenvalue weighted by molar-refractivity contribution is 7.90. The highest BCUT2D eigenvalue weighted by Crippen LogP contribution is 2.36. The molecule has 2 atom stereocenters. The van der Waals surface area contributed by atoms with Crippen LogP contribution in [0.3, 0.4) is 0 Å². The molecule has 148 valence electrons. The molecule has 2 aromatic heterocycles. The van der Waals surface area contributed by atoms with Gasteiger partial charge in [-0.3, -0.25) is 4.98 Å². The Kier molecular flexibility index (Phi) is 6.79. The molecular formula is C20H29ClN4OS. The van der Waals surface area contributed by atoms with Crippen LogP contribution < -0.4 is 10.0 Å². The molecule has 2 N–H and O–H groups in total. The van der Waals surface area contributed by atoms with E-state index in [1.165, 1.54) is 0 Å². The smallest absolute Gasteiger partial charge is 0.149 e. The summed E-state index contributed by atoms with van der Waals surface area (Å²) in [6.07, 6.45) is 3.52. The topological polar surface area (TPSA) is 72.9 Å². The van der Waals surface area contributed by atoms with E-state index >= 15 is 0 Å². The quantitative estimate of drug-likeness (QED) is 0.655. The lowest BCUT2D eigenvalue weighted by Crippen LogP contribution is -2.44. The molecule has 0 aromatic carbocycles. The first kappa shape index (κ1) is 22.0. The van der Waals surface area contributed by atoms with Crippen molar-refractivity contribution >= 4 is 34.5 Å². The molecule has 0 fully saturated rings. The summed E-state index contributed by atoms with van der Waals surface area (Å²) in [4.78, 5) is 8.75. The summed E-state index contributed by atoms with van der Waals surface area (Å²) in [6, 6.07) is 5.57. The molecule has 0 radical (unpaired) electrons. The molecule has 0 spiro atoms. The monoisotopic (exact) mass is 408 g/mol. The average Bonchev–Trinajstić information content (AvgIpc) is 2.54. The molecule has 0 amide bonds. The Balaban J connectivity index is 2.27. The van der Waals surface area contributed by atoms with Crippen molar-refractivity contribution in [1.82, 2.24) is 14.7 Å². The van der Waals surface area contributed by atoms with Gasteiger partial charge in [-0.1, -0.05) is 32.4 Å². The lowest BCUT2D eigenvalue weighted by molar-refractivity contribution is 0.302. The predicted octanol–water partition coefficient (Wildman–Crippen LogP) is 5.32. The SMILES string of the molecule is Cc1ccc(Nc2ncc([C@H](N[S+]([O-])C(C)(C)C)C(C)(C)C)cc2Cl)cn1. The van der Waals surface area contributed by atoms with Gasteiger partial charge in [-0.2, -0.15) is 0 Å². The van der Waals surface area contributed by atoms with Crippen LogP contribution in [0.5, 0.6) is 0 Å². The summed E-state index contributed by atoms with van der Waals surface area (Å²) >= 11 is 5.28. The summed E-state index contributed by atoms with van der Waals surface area (Å²) < 4.78 is 15.5. The molecule has 0 aliphatic rings. The molecule has 0 saturated heterocycles. The van der Waals surface area contributed by atoms with Gasteiger partial charge < -0.3 is 9.87 Å². The van der Waals surface area contributed by atoms with Gasteiger partial charge in [0.15, 0.2) is 0 Å². The van der Waals surface area contributed by atoms with E-state index in [4.69, 9.17) is 11.6 Å². The van der Waals surface area contributed by atoms with Crippen molar-refractivity contribution in [3.8, 4) is 0 Å². The van der Waals surface area contributed by atoms with Crippen LogP contribution in [0.2, 0.25) is 5.02 Å². The van der Waals surface area contributed by atoms with Crippen LogP contribution in [0, 0.1) is 12.3 Å². The Labute approximate surface area is 170 Å². The number of aryl methyl sites for hydroxylation is 1. The van der Waals surface area contributed by atoms with Crippen molar-refractivity contribution in [1.29, 1.82) is 0 Å². The van der Waals surface area contributed by atoms with Crippen LogP contribution in [-0.2, 0) is 11.4 Å². The second-order valence-corrected chi connectivity index (χ2v) is 11.1. The van der Waals surface area contributed by atoms with Crippen molar-refractivity contribution < 1.29 is 4.55 Å². The van der Waals surface area contributed by atoms with Crippen molar-refractivity contribution in [2.75, 3.05) is 5.32 Å². The summed E-state index contributed by atoms with van der Waals surface area (Å²) in [5.74, 6) is 0.565. The van der Waals surface area contributed by atoms with Gasteiger partial charge in [0.05, 0.1) is 22.9 Å². The number of pyridine rings is 2. The fraction of sp³-hybridized carbons (Fsp3) is 0.500. The molecule has 2 aromatic rings. The maximum atomic E-state index is 12.6. The molecule has 2 heterocycles. The van der Waals surface area contributed by atoms with E-state index in [0.717, 1.165) is 16.9 Å². The zero-order chi connectivity index (χ0) is 20.4. The first-order valence-electron chi connectivity index (χ1n) is 8.91. The van der Waals surface area contributed by atoms with Crippen molar-refractivity contribution in [3.05, 3.63) is 46.9 Å². The largest absolute Gasteiger partial charge is 0.598 e. The maximum Gasteiger partial charge on any atom is 0.149 e. The lowest BCUT2D eigenvalue weighted by Gasteiger charge is -2.35. The van der Waals surface area contributed by atoms with Gasteiger partial charge >= 0.3 is 0 Å². The Morgan fingerprint density at radius 3 is 2.22 bits per heavy atom. The molecule has 27 heavy (non-hydrogen) atoms. The molecule has 2 rings (SSSR count). The van der Waals surface area contributed by atoms with Crippen LogP contribution in [0.15, 0.2) is 30.6 Å². The second kappa shape index (κ2) is 8.35. The normalized spacial score (nSPS) is 14.7. The molecule has 0 aliphatic carbocycles. The number of hydrogen-bond donors (Lipinski definition) is 2. The second-order valence-electron chi connectivity index (χ2n) is 8.71. The average molecular weight is 409 g/mol. The third kappa shape index (κ3) is 6.07. The molecular weight excluding hydrogens is 380 g/mol. The molecule has 0 bridgehead atoms. The van der Waals surface area contributed by atoms with Crippen LogP contribution in [0.25, 0.3) is 0 Å². The van der Waals surface area contributed by atoms with E-state index in [9.17, 15) is 4.55 Å². The number of rotatable bonds is 5. The number of hydrogen-bond acceptors (Lipinski definition) is 5. The highest BCUT2D eigenvalue weighted by Gasteiger charge is 2.35. The third-order valence-corrected chi connectivity index (χ3v) is 5.87. The van der Waals surface area contributed by atoms with E-state index in [2.05, 4.69) is 40.8 Å². The summed E-state index contributed by atoms with van der Waals surface area (Å²) in [7, 11) is 0. The lowest BCUT2D eigenvalue weighted by atomic mass is 9.83. The minimum atomic E-state index is -1.20. The van der Waals surface area contributed by atoms with Gasteiger partial charge in [0, 0.05) is 23.3 Å².